The fraction of sp³-hybridized carbons (Fsp3) is 0.150. The van der Waals surface area contributed by atoms with Gasteiger partial charge in [-0.1, -0.05) is 18.2 Å². The summed E-state index contributed by atoms with van der Waals surface area (Å²) in [4.78, 5) is 40.1. The van der Waals surface area contributed by atoms with Gasteiger partial charge in [-0.2, -0.15) is 0 Å². The number of nitrogens with zero attached hydrogens (tertiary/aromatic N) is 1. The molecule has 0 radical (unpaired) electrons. The topological polar surface area (TPSA) is 93.2 Å². The number of carbonyl (C=O) groups excluding carboxylic acids is 1. The number of anilines is 1. The second-order valence-electron chi connectivity index (χ2n) is 6.07. The van der Waals surface area contributed by atoms with Crippen molar-refractivity contribution in [3.05, 3.63) is 86.2 Å². The Morgan fingerprint density at radius 2 is 1.81 bits per heavy atom. The van der Waals surface area contributed by atoms with Gasteiger partial charge in [-0.15, -0.1) is 0 Å². The van der Waals surface area contributed by atoms with Crippen molar-refractivity contribution in [1.29, 1.82) is 0 Å². The van der Waals surface area contributed by atoms with Crippen molar-refractivity contribution < 1.29 is 9.53 Å². The van der Waals surface area contributed by atoms with E-state index in [9.17, 15) is 14.4 Å². The van der Waals surface area contributed by atoms with Crippen LogP contribution in [0.25, 0.3) is 5.69 Å². The molecule has 7 nitrogen and oxygen atoms in total. The summed E-state index contributed by atoms with van der Waals surface area (Å²) in [5.74, 6) is -0.178. The van der Waals surface area contributed by atoms with Crippen molar-refractivity contribution in [1.82, 2.24) is 9.55 Å². The van der Waals surface area contributed by atoms with Gasteiger partial charge in [-0.05, 0) is 49.2 Å². The highest BCUT2D eigenvalue weighted by Crippen LogP contribution is 2.23. The predicted octanol–water partition coefficient (Wildman–Crippen LogP) is 2.40. The van der Waals surface area contributed by atoms with Gasteiger partial charge in [0.15, 0.2) is 0 Å². The molecule has 0 aliphatic rings. The van der Waals surface area contributed by atoms with E-state index in [2.05, 4.69) is 10.3 Å². The quantitative estimate of drug-likeness (QED) is 0.742. The van der Waals surface area contributed by atoms with Crippen LogP contribution in [0.15, 0.2) is 58.3 Å². The van der Waals surface area contributed by atoms with Gasteiger partial charge in [0.1, 0.15) is 11.3 Å². The molecule has 0 fully saturated rings. The second kappa shape index (κ2) is 7.33. The number of benzene rings is 2. The van der Waals surface area contributed by atoms with Crippen molar-refractivity contribution in [2.45, 2.75) is 13.8 Å². The van der Waals surface area contributed by atoms with Gasteiger partial charge in [0.05, 0.1) is 18.5 Å². The molecule has 1 aromatic heterocycles. The maximum Gasteiger partial charge on any atom is 0.333 e. The van der Waals surface area contributed by atoms with Crippen LogP contribution in [-0.2, 0) is 0 Å². The Balaban J connectivity index is 2.05. The van der Waals surface area contributed by atoms with Gasteiger partial charge in [-0.3, -0.25) is 9.59 Å². The number of ether oxygens (including phenoxy) is 1. The Hall–Kier alpha value is -3.61. The number of amides is 1. The Kier molecular flexibility index (Phi) is 4.94. The Bertz CT molecular complexity index is 1130. The Morgan fingerprint density at radius 1 is 1.07 bits per heavy atom. The van der Waals surface area contributed by atoms with Crippen molar-refractivity contribution >= 4 is 11.6 Å². The molecular formula is C20H19N3O4. The molecule has 0 saturated heterocycles. The van der Waals surface area contributed by atoms with Crippen LogP contribution in [-0.4, -0.2) is 22.6 Å². The average Bonchev–Trinajstić information content (AvgIpc) is 2.65. The standard InChI is InChI=1S/C20H19N3O4/c1-12-8-9-14(10-13(12)2)23-19(25)15(11-21-20(23)26)18(24)22-16-6-4-5-7-17(16)27-3/h4-11H,1-3H3,(H,21,26)(H,22,24). The van der Waals surface area contributed by atoms with Crippen LogP contribution in [0.3, 0.4) is 0 Å². The largest absolute Gasteiger partial charge is 0.495 e. The highest BCUT2D eigenvalue weighted by Gasteiger charge is 2.17. The van der Waals surface area contributed by atoms with Gasteiger partial charge in [0.2, 0.25) is 0 Å². The number of hydrogen-bond donors (Lipinski definition) is 2. The highest BCUT2D eigenvalue weighted by atomic mass is 16.5. The van der Waals surface area contributed by atoms with E-state index < -0.39 is 17.2 Å². The van der Waals surface area contributed by atoms with Crippen LogP contribution in [0.2, 0.25) is 0 Å². The lowest BCUT2D eigenvalue weighted by atomic mass is 10.1. The van der Waals surface area contributed by atoms with Crippen LogP contribution < -0.4 is 21.3 Å². The summed E-state index contributed by atoms with van der Waals surface area (Å²) >= 11 is 0. The molecule has 7 heteroatoms. The molecule has 0 spiro atoms. The highest BCUT2D eigenvalue weighted by molar-refractivity contribution is 6.04. The van der Waals surface area contributed by atoms with Crippen LogP contribution in [0.1, 0.15) is 21.5 Å². The van der Waals surface area contributed by atoms with E-state index in [1.165, 1.54) is 7.11 Å². The summed E-state index contributed by atoms with van der Waals surface area (Å²) in [5, 5.41) is 2.64. The number of rotatable bonds is 4. The lowest BCUT2D eigenvalue weighted by Gasteiger charge is -2.11. The molecule has 0 saturated carbocycles. The maximum atomic E-state index is 12.8. The first-order valence-corrected chi connectivity index (χ1v) is 8.29. The summed E-state index contributed by atoms with van der Waals surface area (Å²) in [7, 11) is 1.48. The summed E-state index contributed by atoms with van der Waals surface area (Å²) in [6, 6.07) is 12.1. The number of aromatic amines is 1. The summed E-state index contributed by atoms with van der Waals surface area (Å²) in [6.07, 6.45) is 1.12. The number of aryl methyl sites for hydroxylation is 2. The van der Waals surface area contributed by atoms with Crippen molar-refractivity contribution in [2.24, 2.45) is 0 Å². The zero-order valence-corrected chi connectivity index (χ0v) is 15.2. The molecule has 1 heterocycles. The number of hydrogen-bond acceptors (Lipinski definition) is 4. The number of methoxy groups -OCH3 is 1. The molecule has 138 valence electrons. The average molecular weight is 365 g/mol. The summed E-state index contributed by atoms with van der Waals surface area (Å²) in [6.45, 7) is 3.82. The predicted molar refractivity (Wildman–Crippen MR) is 103 cm³/mol. The van der Waals surface area contributed by atoms with Gasteiger partial charge >= 0.3 is 5.69 Å². The van der Waals surface area contributed by atoms with Crippen LogP contribution in [0, 0.1) is 13.8 Å². The molecule has 0 atom stereocenters. The first kappa shape index (κ1) is 18.2. The molecule has 3 aromatic rings. The molecule has 27 heavy (non-hydrogen) atoms. The minimum atomic E-state index is -0.700. The number of aromatic nitrogens is 2. The molecule has 3 rings (SSSR count). The number of nitrogens with one attached hydrogen (secondary N) is 2. The second-order valence-corrected chi connectivity index (χ2v) is 6.07. The fourth-order valence-corrected chi connectivity index (χ4v) is 2.67. The number of carbonyl (C=O) groups is 1. The van der Waals surface area contributed by atoms with E-state index in [0.29, 0.717) is 17.1 Å². The third-order valence-electron chi connectivity index (χ3n) is 4.33. The number of para-hydroxylation sites is 2. The van der Waals surface area contributed by atoms with Gasteiger partial charge < -0.3 is 15.0 Å². The summed E-state index contributed by atoms with van der Waals surface area (Å²) in [5.41, 5.74) is 1.30. The minimum absolute atomic E-state index is 0.182. The van der Waals surface area contributed by atoms with E-state index in [1.807, 2.05) is 19.9 Å². The van der Waals surface area contributed by atoms with E-state index in [0.717, 1.165) is 21.9 Å². The van der Waals surface area contributed by atoms with E-state index in [4.69, 9.17) is 4.74 Å². The molecule has 0 bridgehead atoms. The third kappa shape index (κ3) is 3.52. The molecule has 2 N–H and O–H groups in total. The molecular weight excluding hydrogens is 346 g/mol. The SMILES string of the molecule is COc1ccccc1NC(=O)c1c[nH]c(=O)n(-c2ccc(C)c(C)c2)c1=O. The summed E-state index contributed by atoms with van der Waals surface area (Å²) < 4.78 is 6.14. The monoisotopic (exact) mass is 365 g/mol. The van der Waals surface area contributed by atoms with Crippen molar-refractivity contribution in [2.75, 3.05) is 12.4 Å². The lowest BCUT2D eigenvalue weighted by molar-refractivity contribution is 0.102. The van der Waals surface area contributed by atoms with Crippen LogP contribution in [0.5, 0.6) is 5.75 Å². The lowest BCUT2D eigenvalue weighted by Crippen LogP contribution is -2.38. The minimum Gasteiger partial charge on any atom is -0.495 e. The van der Waals surface area contributed by atoms with E-state index in [-0.39, 0.29) is 5.56 Å². The molecule has 0 unspecified atom stereocenters. The third-order valence-corrected chi connectivity index (χ3v) is 4.33. The molecule has 0 aliphatic heterocycles. The smallest absolute Gasteiger partial charge is 0.333 e. The molecule has 2 aromatic carbocycles. The fourth-order valence-electron chi connectivity index (χ4n) is 2.67. The molecule has 0 aliphatic carbocycles. The van der Waals surface area contributed by atoms with Gasteiger partial charge in [0, 0.05) is 6.20 Å². The van der Waals surface area contributed by atoms with Crippen molar-refractivity contribution in [3.8, 4) is 11.4 Å². The maximum absolute atomic E-state index is 12.8. The van der Waals surface area contributed by atoms with Crippen LogP contribution in [0.4, 0.5) is 5.69 Å². The van der Waals surface area contributed by atoms with Gasteiger partial charge in [-0.25, -0.2) is 9.36 Å². The van der Waals surface area contributed by atoms with Crippen molar-refractivity contribution in [3.63, 3.8) is 0 Å². The van der Waals surface area contributed by atoms with Crippen LogP contribution >= 0.6 is 0 Å². The zero-order chi connectivity index (χ0) is 19.6. The Morgan fingerprint density at radius 3 is 2.52 bits per heavy atom. The number of H-pyrrole nitrogens is 1. The first-order valence-electron chi connectivity index (χ1n) is 8.29. The van der Waals surface area contributed by atoms with E-state index >= 15 is 0 Å². The first-order chi connectivity index (χ1) is 12.9. The van der Waals surface area contributed by atoms with Gasteiger partial charge in [0.25, 0.3) is 11.5 Å². The Labute approximate surface area is 155 Å². The molecule has 1 amide bonds. The van der Waals surface area contributed by atoms with E-state index in [1.54, 1.807) is 36.4 Å². The zero-order valence-electron chi connectivity index (χ0n) is 15.2. The normalized spacial score (nSPS) is 10.5.